The monoisotopic (exact) mass is 610 g/mol. The van der Waals surface area contributed by atoms with Crippen LogP contribution in [-0.4, -0.2) is 73.3 Å². The second kappa shape index (κ2) is 13.0. The third-order valence-corrected chi connectivity index (χ3v) is 8.89. The Balaban J connectivity index is 1.12. The molecule has 5 heterocycles. The lowest BCUT2D eigenvalue weighted by Gasteiger charge is -2.36. The minimum atomic E-state index is -0.943. The van der Waals surface area contributed by atoms with E-state index in [0.717, 1.165) is 83.3 Å². The number of aromatic nitrogens is 5. The standard InChI is InChI=1S/C34H38N6O5/c1-43-14-12-40-19-24-8-7-23(15-28(24)37-40)21-45-31-6-4-10-35-33(31)29-5-2-3-11-38(29)18-26-16-25(34(41)42)17-30-32(26)36-22-39(30)20-27-9-13-44-27/h4,6-8,10,15-17,19,22,27,29H,2-3,5,9,11-14,18,20-21H2,1H3,(H,41,42). The fourth-order valence-corrected chi connectivity index (χ4v) is 6.42. The van der Waals surface area contributed by atoms with E-state index in [1.165, 1.54) is 0 Å². The number of fused-ring (bicyclic) bond motifs is 2. The van der Waals surface area contributed by atoms with Gasteiger partial charge in [0.25, 0.3) is 0 Å². The minimum absolute atomic E-state index is 0.0305. The molecule has 2 aromatic carbocycles. The fourth-order valence-electron chi connectivity index (χ4n) is 6.42. The third-order valence-electron chi connectivity index (χ3n) is 8.89. The molecule has 0 amide bonds. The third kappa shape index (κ3) is 6.28. The second-order valence-corrected chi connectivity index (χ2v) is 11.9. The van der Waals surface area contributed by atoms with Gasteiger partial charge in [-0.15, -0.1) is 0 Å². The number of ether oxygens (including phenoxy) is 3. The molecule has 0 radical (unpaired) electrons. The van der Waals surface area contributed by atoms with Crippen molar-refractivity contribution in [2.75, 3.05) is 26.9 Å². The fraction of sp³-hybridized carbons (Fsp3) is 0.412. The summed E-state index contributed by atoms with van der Waals surface area (Å²) in [6, 6.07) is 13.6. The van der Waals surface area contributed by atoms with Gasteiger partial charge in [0.1, 0.15) is 12.4 Å². The van der Waals surface area contributed by atoms with Crippen molar-refractivity contribution in [1.82, 2.24) is 29.2 Å². The number of carboxylic acids is 1. The molecule has 45 heavy (non-hydrogen) atoms. The van der Waals surface area contributed by atoms with E-state index >= 15 is 0 Å². The van der Waals surface area contributed by atoms with Crippen LogP contribution in [0.15, 0.2) is 61.2 Å². The van der Waals surface area contributed by atoms with Crippen molar-refractivity contribution in [3.63, 3.8) is 0 Å². The van der Waals surface area contributed by atoms with Crippen molar-refractivity contribution >= 4 is 27.9 Å². The average molecular weight is 611 g/mol. The molecule has 0 saturated carbocycles. The molecule has 0 bridgehead atoms. The first-order valence-corrected chi connectivity index (χ1v) is 15.6. The van der Waals surface area contributed by atoms with Crippen LogP contribution in [0.25, 0.3) is 21.9 Å². The maximum absolute atomic E-state index is 12.1. The summed E-state index contributed by atoms with van der Waals surface area (Å²) >= 11 is 0. The largest absolute Gasteiger partial charge is 0.487 e. The lowest BCUT2D eigenvalue weighted by atomic mass is 9.96. The molecule has 234 valence electrons. The smallest absolute Gasteiger partial charge is 0.335 e. The molecule has 7 rings (SSSR count). The number of carbonyl (C=O) groups is 1. The van der Waals surface area contributed by atoms with Crippen molar-refractivity contribution in [1.29, 1.82) is 0 Å². The van der Waals surface area contributed by atoms with Gasteiger partial charge in [-0.05, 0) is 67.3 Å². The van der Waals surface area contributed by atoms with Crippen LogP contribution in [0.4, 0.5) is 0 Å². The Kier molecular flexibility index (Phi) is 8.47. The quantitative estimate of drug-likeness (QED) is 0.203. The maximum atomic E-state index is 12.1. The molecule has 0 aliphatic carbocycles. The Morgan fingerprint density at radius 1 is 1.13 bits per heavy atom. The molecule has 2 saturated heterocycles. The molecular weight excluding hydrogens is 572 g/mol. The zero-order chi connectivity index (χ0) is 30.8. The Morgan fingerprint density at radius 3 is 2.87 bits per heavy atom. The number of imidazole rings is 1. The molecule has 0 spiro atoms. The van der Waals surface area contributed by atoms with Crippen LogP contribution in [0.5, 0.6) is 5.75 Å². The molecular formula is C34H38N6O5. The van der Waals surface area contributed by atoms with E-state index in [1.807, 2.05) is 33.8 Å². The first-order valence-electron chi connectivity index (χ1n) is 15.6. The number of methoxy groups -OCH3 is 1. The van der Waals surface area contributed by atoms with Crippen LogP contribution in [0.2, 0.25) is 0 Å². The molecule has 3 aromatic heterocycles. The zero-order valence-corrected chi connectivity index (χ0v) is 25.5. The number of rotatable bonds is 12. The number of aromatic carboxylic acids is 1. The Hall–Kier alpha value is -4.32. The summed E-state index contributed by atoms with van der Waals surface area (Å²) in [6.45, 7) is 4.60. The van der Waals surface area contributed by atoms with Crippen LogP contribution < -0.4 is 4.74 Å². The van der Waals surface area contributed by atoms with Gasteiger partial charge in [0, 0.05) is 38.0 Å². The molecule has 11 heteroatoms. The second-order valence-electron chi connectivity index (χ2n) is 11.9. The molecule has 2 atom stereocenters. The van der Waals surface area contributed by atoms with E-state index in [0.29, 0.717) is 32.8 Å². The number of nitrogens with zero attached hydrogens (tertiary/aromatic N) is 6. The van der Waals surface area contributed by atoms with E-state index < -0.39 is 5.97 Å². The molecule has 2 aliphatic heterocycles. The van der Waals surface area contributed by atoms with E-state index in [1.54, 1.807) is 25.6 Å². The van der Waals surface area contributed by atoms with Gasteiger partial charge in [0.2, 0.25) is 0 Å². The highest BCUT2D eigenvalue weighted by Crippen LogP contribution is 2.37. The predicted octanol–water partition coefficient (Wildman–Crippen LogP) is 5.22. The van der Waals surface area contributed by atoms with E-state index in [2.05, 4.69) is 28.2 Å². The Bertz CT molecular complexity index is 1810. The normalized spacial score (nSPS) is 18.8. The number of hydrogen-bond donors (Lipinski definition) is 1. The molecule has 2 unspecified atom stereocenters. The summed E-state index contributed by atoms with van der Waals surface area (Å²) < 4.78 is 21.2. The van der Waals surface area contributed by atoms with Crippen LogP contribution in [0.1, 0.15) is 58.9 Å². The number of likely N-dealkylation sites (tertiary alicyclic amines) is 1. The lowest BCUT2D eigenvalue weighted by Crippen LogP contribution is -2.34. The highest BCUT2D eigenvalue weighted by Gasteiger charge is 2.29. The lowest BCUT2D eigenvalue weighted by molar-refractivity contribution is -0.0586. The Labute approximate surface area is 261 Å². The summed E-state index contributed by atoms with van der Waals surface area (Å²) in [5, 5.41) is 15.7. The van der Waals surface area contributed by atoms with Gasteiger partial charge in [0.05, 0.1) is 66.0 Å². The van der Waals surface area contributed by atoms with Gasteiger partial charge < -0.3 is 23.9 Å². The topological polar surface area (TPSA) is 117 Å². The summed E-state index contributed by atoms with van der Waals surface area (Å²) in [5.41, 5.74) is 5.70. The van der Waals surface area contributed by atoms with Gasteiger partial charge >= 0.3 is 5.97 Å². The first-order chi connectivity index (χ1) is 22.1. The summed E-state index contributed by atoms with van der Waals surface area (Å²) in [7, 11) is 1.69. The summed E-state index contributed by atoms with van der Waals surface area (Å²) in [6.07, 6.45) is 9.89. The molecule has 2 fully saturated rings. The van der Waals surface area contributed by atoms with Gasteiger partial charge in [-0.2, -0.15) is 5.10 Å². The minimum Gasteiger partial charge on any atom is -0.487 e. The van der Waals surface area contributed by atoms with Crippen LogP contribution >= 0.6 is 0 Å². The Morgan fingerprint density at radius 2 is 2.04 bits per heavy atom. The van der Waals surface area contributed by atoms with E-state index in [-0.39, 0.29) is 17.7 Å². The maximum Gasteiger partial charge on any atom is 0.335 e. The van der Waals surface area contributed by atoms with Crippen molar-refractivity contribution in [2.24, 2.45) is 0 Å². The number of carboxylic acid groups (broad SMARTS) is 1. The van der Waals surface area contributed by atoms with Gasteiger partial charge in [0.15, 0.2) is 0 Å². The van der Waals surface area contributed by atoms with Crippen molar-refractivity contribution < 1.29 is 24.1 Å². The first kappa shape index (κ1) is 29.4. The number of benzene rings is 2. The molecule has 11 nitrogen and oxygen atoms in total. The molecule has 1 N–H and O–H groups in total. The molecule has 5 aromatic rings. The summed E-state index contributed by atoms with van der Waals surface area (Å²) in [4.78, 5) is 24.1. The van der Waals surface area contributed by atoms with Gasteiger partial charge in [-0.1, -0.05) is 18.6 Å². The van der Waals surface area contributed by atoms with Gasteiger partial charge in [-0.3, -0.25) is 14.6 Å². The van der Waals surface area contributed by atoms with Crippen molar-refractivity contribution in [3.05, 3.63) is 83.6 Å². The van der Waals surface area contributed by atoms with Crippen LogP contribution in [0, 0.1) is 0 Å². The number of pyridine rings is 1. The van der Waals surface area contributed by atoms with Crippen LogP contribution in [0.3, 0.4) is 0 Å². The zero-order valence-electron chi connectivity index (χ0n) is 25.5. The highest BCUT2D eigenvalue weighted by molar-refractivity contribution is 5.93. The van der Waals surface area contributed by atoms with Crippen LogP contribution in [-0.2, 0) is 35.7 Å². The van der Waals surface area contributed by atoms with E-state index in [4.69, 9.17) is 24.2 Å². The van der Waals surface area contributed by atoms with Crippen molar-refractivity contribution in [3.8, 4) is 5.75 Å². The molecule has 2 aliphatic rings. The van der Waals surface area contributed by atoms with E-state index in [9.17, 15) is 9.90 Å². The SMILES string of the molecule is COCCn1cc2ccc(COc3cccnc3C3CCCCN3Cc3cc(C(=O)O)cc4c3ncn4CC3CCO3)cc2n1. The average Bonchev–Trinajstić information content (AvgIpc) is 3.64. The van der Waals surface area contributed by atoms with Gasteiger partial charge in [-0.25, -0.2) is 9.78 Å². The highest BCUT2D eigenvalue weighted by atomic mass is 16.5. The number of hydrogen-bond acceptors (Lipinski definition) is 8. The predicted molar refractivity (Wildman–Crippen MR) is 168 cm³/mol. The van der Waals surface area contributed by atoms with Crippen molar-refractivity contribution in [2.45, 2.75) is 64.1 Å². The number of piperidine rings is 1. The summed E-state index contributed by atoms with van der Waals surface area (Å²) in [5.74, 6) is -0.185.